The van der Waals surface area contributed by atoms with Crippen molar-refractivity contribution in [2.75, 3.05) is 0 Å². The summed E-state index contributed by atoms with van der Waals surface area (Å²) in [4.78, 5) is 10.4. The van der Waals surface area contributed by atoms with E-state index in [9.17, 15) is 9.18 Å². The van der Waals surface area contributed by atoms with Gasteiger partial charge in [0.15, 0.2) is 0 Å². The summed E-state index contributed by atoms with van der Waals surface area (Å²) in [6, 6.07) is 4.36. The minimum Gasteiger partial charge on any atom is -0.281 e. The quantitative estimate of drug-likeness (QED) is 0.715. The maximum atomic E-state index is 12.8. The molecule has 0 saturated heterocycles. The number of carbonyl (C=O) groups excluding carboxylic acids is 1. The Labute approximate surface area is 85.5 Å². The van der Waals surface area contributed by atoms with Gasteiger partial charge >= 0.3 is 0 Å². The fourth-order valence-electron chi connectivity index (χ4n) is 0.865. The molecule has 0 fully saturated rings. The first kappa shape index (κ1) is 10.5. The van der Waals surface area contributed by atoms with Crippen molar-refractivity contribution in [1.29, 1.82) is 0 Å². The Balaban J connectivity index is 2.68. The number of halogens is 3. The molecular weight excluding hydrogens is 214 g/mol. The van der Waals surface area contributed by atoms with Crippen molar-refractivity contribution in [2.24, 2.45) is 0 Å². The van der Waals surface area contributed by atoms with Crippen LogP contribution in [0.15, 0.2) is 18.2 Å². The Morgan fingerprint density at radius 1 is 1.54 bits per heavy atom. The molecule has 0 saturated carbocycles. The maximum absolute atomic E-state index is 12.8. The van der Waals surface area contributed by atoms with Crippen molar-refractivity contribution < 1.29 is 9.18 Å². The molecule has 0 unspecified atom stereocenters. The van der Waals surface area contributed by atoms with Crippen molar-refractivity contribution in [1.82, 2.24) is 0 Å². The highest BCUT2D eigenvalue weighted by atomic mass is 35.5. The molecular formula is C9H6Cl2FO. The van der Waals surface area contributed by atoms with Gasteiger partial charge < -0.3 is 0 Å². The molecule has 0 heterocycles. The summed E-state index contributed by atoms with van der Waals surface area (Å²) >= 11 is 10.5. The van der Waals surface area contributed by atoms with Gasteiger partial charge in [0.1, 0.15) is 5.82 Å². The average Bonchev–Trinajstić information content (AvgIpc) is 2.07. The van der Waals surface area contributed by atoms with Gasteiger partial charge in [-0.25, -0.2) is 4.39 Å². The van der Waals surface area contributed by atoms with Crippen LogP contribution < -0.4 is 0 Å². The number of rotatable bonds is 3. The fourth-order valence-corrected chi connectivity index (χ4v) is 1.06. The predicted octanol–water partition coefficient (Wildman–Crippen LogP) is 2.99. The summed E-state index contributed by atoms with van der Waals surface area (Å²) < 4.78 is 12.8. The van der Waals surface area contributed by atoms with Crippen LogP contribution in [0.25, 0.3) is 0 Å². The second kappa shape index (κ2) is 4.58. The number of hydrogen-bond acceptors (Lipinski definition) is 1. The molecule has 1 aromatic carbocycles. The molecule has 0 bridgehead atoms. The van der Waals surface area contributed by atoms with Gasteiger partial charge in [0.25, 0.3) is 0 Å². The van der Waals surface area contributed by atoms with Crippen molar-refractivity contribution in [2.45, 2.75) is 6.42 Å². The molecule has 1 aromatic rings. The number of hydrogen-bond donors (Lipinski definition) is 0. The third-order valence-corrected chi connectivity index (χ3v) is 1.94. The molecule has 0 atom stereocenters. The van der Waals surface area contributed by atoms with Gasteiger partial charge in [-0.3, -0.25) is 4.79 Å². The Bertz CT molecular complexity index is 325. The topological polar surface area (TPSA) is 17.1 Å². The van der Waals surface area contributed by atoms with Gasteiger partial charge in [-0.05, 0) is 35.7 Å². The lowest BCUT2D eigenvalue weighted by Gasteiger charge is -1.99. The van der Waals surface area contributed by atoms with E-state index in [1.54, 1.807) is 6.07 Å². The molecule has 0 aliphatic heterocycles. The van der Waals surface area contributed by atoms with Crippen LogP contribution in [0.4, 0.5) is 4.39 Å². The van der Waals surface area contributed by atoms with E-state index in [4.69, 9.17) is 23.2 Å². The van der Waals surface area contributed by atoms with Gasteiger partial charge in [-0.1, -0.05) is 17.7 Å². The van der Waals surface area contributed by atoms with Gasteiger partial charge in [0.2, 0.25) is 5.24 Å². The van der Waals surface area contributed by atoms with Crippen LogP contribution in [-0.2, 0) is 11.2 Å². The van der Waals surface area contributed by atoms with Gasteiger partial charge in [0.05, 0.1) is 5.02 Å². The highest BCUT2D eigenvalue weighted by Gasteiger charge is 2.03. The predicted molar refractivity (Wildman–Crippen MR) is 50.3 cm³/mol. The lowest BCUT2D eigenvalue weighted by atomic mass is 10.1. The maximum Gasteiger partial charge on any atom is 0.225 e. The molecule has 0 amide bonds. The minimum absolute atomic E-state index is 0.0703. The van der Waals surface area contributed by atoms with E-state index in [1.807, 2.05) is 0 Å². The summed E-state index contributed by atoms with van der Waals surface area (Å²) in [7, 11) is 0. The lowest BCUT2D eigenvalue weighted by Crippen LogP contribution is -1.93. The average molecular weight is 220 g/mol. The number of benzene rings is 1. The monoisotopic (exact) mass is 219 g/mol. The Kier molecular flexibility index (Phi) is 3.70. The molecule has 69 valence electrons. The van der Waals surface area contributed by atoms with E-state index in [0.29, 0.717) is 12.0 Å². The zero-order valence-electron chi connectivity index (χ0n) is 6.56. The van der Waals surface area contributed by atoms with Crippen LogP contribution in [0.1, 0.15) is 5.56 Å². The molecule has 1 rings (SSSR count). The lowest BCUT2D eigenvalue weighted by molar-refractivity contribution is -0.108. The molecule has 0 aromatic heterocycles. The second-order valence-electron chi connectivity index (χ2n) is 2.46. The van der Waals surface area contributed by atoms with Crippen LogP contribution in [0, 0.1) is 12.2 Å². The Hall–Kier alpha value is -0.600. The van der Waals surface area contributed by atoms with Crippen LogP contribution in [0.5, 0.6) is 0 Å². The standard InChI is InChI=1S/C9H6Cl2FO/c10-7-3-1-6(5-8(7)12)2-4-9(11)13/h1,3-5H,2H2. The molecule has 1 nitrogen and oxygen atoms in total. The third-order valence-electron chi connectivity index (χ3n) is 1.48. The first-order chi connectivity index (χ1) is 6.09. The van der Waals surface area contributed by atoms with Gasteiger partial charge in [-0.2, -0.15) is 0 Å². The SMILES string of the molecule is O=C(Cl)[CH]Cc1ccc(Cl)c(F)c1. The van der Waals surface area contributed by atoms with Crippen LogP contribution in [-0.4, -0.2) is 5.24 Å². The van der Waals surface area contributed by atoms with E-state index < -0.39 is 11.1 Å². The normalized spacial score (nSPS) is 10.1. The van der Waals surface area contributed by atoms with E-state index >= 15 is 0 Å². The van der Waals surface area contributed by atoms with E-state index in [2.05, 4.69) is 0 Å². The van der Waals surface area contributed by atoms with E-state index in [1.165, 1.54) is 18.6 Å². The minimum atomic E-state index is -0.546. The van der Waals surface area contributed by atoms with Gasteiger partial charge in [0, 0.05) is 6.42 Å². The Morgan fingerprint density at radius 3 is 2.77 bits per heavy atom. The molecule has 0 spiro atoms. The molecule has 13 heavy (non-hydrogen) atoms. The third kappa shape index (κ3) is 3.33. The molecule has 0 aliphatic rings. The van der Waals surface area contributed by atoms with Crippen LogP contribution >= 0.6 is 23.2 Å². The second-order valence-corrected chi connectivity index (χ2v) is 3.24. The largest absolute Gasteiger partial charge is 0.281 e. The van der Waals surface area contributed by atoms with E-state index in [-0.39, 0.29) is 5.02 Å². The summed E-state index contributed by atoms with van der Waals surface area (Å²) in [5, 5.41) is -0.476. The Morgan fingerprint density at radius 2 is 2.23 bits per heavy atom. The van der Waals surface area contributed by atoms with Crippen molar-refractivity contribution >= 4 is 28.4 Å². The van der Waals surface area contributed by atoms with Gasteiger partial charge in [-0.15, -0.1) is 0 Å². The molecule has 0 aliphatic carbocycles. The van der Waals surface area contributed by atoms with E-state index in [0.717, 1.165) is 0 Å². The molecule has 4 heteroatoms. The molecule has 0 N–H and O–H groups in total. The zero-order valence-corrected chi connectivity index (χ0v) is 8.07. The summed E-state index contributed by atoms with van der Waals surface area (Å²) in [5.74, 6) is -0.491. The van der Waals surface area contributed by atoms with Crippen molar-refractivity contribution in [3.8, 4) is 0 Å². The highest BCUT2D eigenvalue weighted by molar-refractivity contribution is 6.65. The zero-order chi connectivity index (χ0) is 9.84. The number of carbonyl (C=O) groups is 1. The highest BCUT2D eigenvalue weighted by Crippen LogP contribution is 2.16. The first-order valence-corrected chi connectivity index (χ1v) is 4.32. The van der Waals surface area contributed by atoms with Crippen LogP contribution in [0.3, 0.4) is 0 Å². The summed E-state index contributed by atoms with van der Waals surface area (Å²) in [6.45, 7) is 0. The first-order valence-electron chi connectivity index (χ1n) is 3.56. The fraction of sp³-hybridized carbons (Fsp3) is 0.111. The smallest absolute Gasteiger partial charge is 0.225 e. The molecule has 1 radical (unpaired) electrons. The van der Waals surface area contributed by atoms with Crippen molar-refractivity contribution in [3.05, 3.63) is 41.0 Å². The summed E-state index contributed by atoms with van der Waals surface area (Å²) in [6.07, 6.45) is 1.58. The van der Waals surface area contributed by atoms with Crippen LogP contribution in [0.2, 0.25) is 5.02 Å². The van der Waals surface area contributed by atoms with Crippen molar-refractivity contribution in [3.63, 3.8) is 0 Å². The summed E-state index contributed by atoms with van der Waals surface area (Å²) in [5.41, 5.74) is 0.663.